The lowest BCUT2D eigenvalue weighted by Gasteiger charge is -2.29. The minimum atomic E-state index is -0.577. The summed E-state index contributed by atoms with van der Waals surface area (Å²) in [5.41, 5.74) is -0.577. The predicted octanol–water partition coefficient (Wildman–Crippen LogP) is 1.52. The molecule has 0 spiro atoms. The summed E-state index contributed by atoms with van der Waals surface area (Å²) in [6.07, 6.45) is 0.953. The molecule has 0 aromatic heterocycles. The Morgan fingerprint density at radius 2 is 2.00 bits per heavy atom. The summed E-state index contributed by atoms with van der Waals surface area (Å²) in [5.74, 6) is -0.0820. The van der Waals surface area contributed by atoms with Crippen LogP contribution in [-0.4, -0.2) is 52.8 Å². The van der Waals surface area contributed by atoms with Crippen LogP contribution in [0.4, 0.5) is 4.79 Å². The summed E-state index contributed by atoms with van der Waals surface area (Å²) in [6.45, 7) is 9.69. The van der Waals surface area contributed by atoms with Crippen LogP contribution in [0.5, 0.6) is 0 Å². The number of hydrogen-bond acceptors (Lipinski definition) is 4. The summed E-state index contributed by atoms with van der Waals surface area (Å²) in [5, 5.41) is 12.1. The van der Waals surface area contributed by atoms with Gasteiger partial charge in [0.1, 0.15) is 11.6 Å². The van der Waals surface area contributed by atoms with Crippen molar-refractivity contribution in [3.05, 3.63) is 0 Å². The summed E-state index contributed by atoms with van der Waals surface area (Å²) < 4.78 is 5.34. The fraction of sp³-hybridized carbons (Fsp3) is 0.867. The Kier molecular flexibility index (Phi) is 6.01. The first-order valence-corrected chi connectivity index (χ1v) is 7.56. The monoisotopic (exact) mass is 300 g/mol. The lowest BCUT2D eigenvalue weighted by atomic mass is 10.0. The molecule has 0 aromatic carbocycles. The number of nitrogens with one attached hydrogen (secondary N) is 1. The molecule has 6 heteroatoms. The van der Waals surface area contributed by atoms with E-state index in [4.69, 9.17) is 4.74 Å². The smallest absolute Gasteiger partial charge is 0.410 e. The third kappa shape index (κ3) is 5.19. The van der Waals surface area contributed by atoms with Crippen molar-refractivity contribution in [3.63, 3.8) is 0 Å². The summed E-state index contributed by atoms with van der Waals surface area (Å²) in [7, 11) is 0. The van der Waals surface area contributed by atoms with Crippen LogP contribution in [0.25, 0.3) is 0 Å². The Morgan fingerprint density at radius 3 is 2.48 bits per heavy atom. The van der Waals surface area contributed by atoms with Crippen molar-refractivity contribution >= 4 is 12.0 Å². The van der Waals surface area contributed by atoms with Gasteiger partial charge in [-0.25, -0.2) is 4.79 Å². The molecule has 0 radical (unpaired) electrons. The second-order valence-corrected chi connectivity index (χ2v) is 6.87. The topological polar surface area (TPSA) is 78.9 Å². The van der Waals surface area contributed by atoms with Crippen molar-refractivity contribution in [2.45, 2.75) is 65.1 Å². The first-order valence-electron chi connectivity index (χ1n) is 7.56. The van der Waals surface area contributed by atoms with Crippen molar-refractivity contribution in [1.82, 2.24) is 10.2 Å². The molecule has 1 rings (SSSR count). The second kappa shape index (κ2) is 7.11. The quantitative estimate of drug-likeness (QED) is 0.825. The number of aliphatic hydroxyl groups is 1. The van der Waals surface area contributed by atoms with Crippen molar-refractivity contribution < 1.29 is 19.4 Å². The molecule has 122 valence electrons. The zero-order valence-electron chi connectivity index (χ0n) is 13.7. The van der Waals surface area contributed by atoms with Gasteiger partial charge in [0, 0.05) is 6.54 Å². The Balaban J connectivity index is 2.68. The van der Waals surface area contributed by atoms with E-state index in [9.17, 15) is 14.7 Å². The highest BCUT2D eigenvalue weighted by Gasteiger charge is 2.37. The van der Waals surface area contributed by atoms with Gasteiger partial charge in [-0.15, -0.1) is 0 Å². The van der Waals surface area contributed by atoms with Crippen molar-refractivity contribution in [2.24, 2.45) is 5.92 Å². The first kappa shape index (κ1) is 17.8. The number of ether oxygens (including phenoxy) is 1. The molecule has 1 aliphatic heterocycles. The minimum Gasteiger partial charge on any atom is -0.444 e. The normalized spacial score (nSPS) is 20.5. The lowest BCUT2D eigenvalue weighted by Crippen LogP contribution is -2.51. The molecule has 2 N–H and O–H groups in total. The molecular weight excluding hydrogens is 272 g/mol. The molecule has 0 bridgehead atoms. The number of likely N-dealkylation sites (tertiary alicyclic amines) is 1. The van der Waals surface area contributed by atoms with Crippen LogP contribution in [0, 0.1) is 5.92 Å². The van der Waals surface area contributed by atoms with Crippen LogP contribution < -0.4 is 5.32 Å². The number of carbonyl (C=O) groups excluding carboxylic acids is 2. The number of hydrogen-bond donors (Lipinski definition) is 2. The third-order valence-corrected chi connectivity index (χ3v) is 3.51. The van der Waals surface area contributed by atoms with Gasteiger partial charge in [-0.2, -0.15) is 0 Å². The highest BCUT2D eigenvalue weighted by atomic mass is 16.6. The van der Waals surface area contributed by atoms with Gasteiger partial charge in [0.2, 0.25) is 5.91 Å². The fourth-order valence-electron chi connectivity index (χ4n) is 2.28. The number of amides is 2. The van der Waals surface area contributed by atoms with Gasteiger partial charge in [0.25, 0.3) is 0 Å². The molecule has 1 saturated heterocycles. The lowest BCUT2D eigenvalue weighted by molar-refractivity contribution is -0.126. The summed E-state index contributed by atoms with van der Waals surface area (Å²) >= 11 is 0. The highest BCUT2D eigenvalue weighted by molar-refractivity contribution is 5.86. The maximum Gasteiger partial charge on any atom is 0.410 e. The molecule has 1 fully saturated rings. The van der Waals surface area contributed by atoms with Crippen LogP contribution in [-0.2, 0) is 9.53 Å². The van der Waals surface area contributed by atoms with Gasteiger partial charge in [-0.05, 0) is 39.5 Å². The SMILES string of the molecule is CC(C)[C@@H](CO)NC(=O)[C@@H]1CCCN1C(=O)OC(C)(C)C. The van der Waals surface area contributed by atoms with Crippen LogP contribution in [0.2, 0.25) is 0 Å². The standard InChI is InChI=1S/C15H28N2O4/c1-10(2)11(9-18)16-13(19)12-7-6-8-17(12)14(20)21-15(3,4)5/h10-12,18H,6-9H2,1-5H3,(H,16,19)/t11-,12+/m1/s1. The summed E-state index contributed by atoms with van der Waals surface area (Å²) in [4.78, 5) is 25.9. The molecule has 1 heterocycles. The zero-order chi connectivity index (χ0) is 16.2. The van der Waals surface area contributed by atoms with E-state index in [1.165, 1.54) is 4.90 Å². The Labute approximate surface area is 126 Å². The van der Waals surface area contributed by atoms with E-state index < -0.39 is 17.7 Å². The third-order valence-electron chi connectivity index (χ3n) is 3.51. The molecule has 0 saturated carbocycles. The van der Waals surface area contributed by atoms with Gasteiger partial charge in [-0.3, -0.25) is 9.69 Å². The summed E-state index contributed by atoms with van der Waals surface area (Å²) in [6, 6.07) is -0.800. The van der Waals surface area contributed by atoms with Gasteiger partial charge < -0.3 is 15.2 Å². The number of aliphatic hydroxyl groups excluding tert-OH is 1. The Bertz CT molecular complexity index is 376. The molecule has 2 amide bonds. The van der Waals surface area contributed by atoms with E-state index in [1.807, 2.05) is 13.8 Å². The van der Waals surface area contributed by atoms with Crippen LogP contribution in [0.1, 0.15) is 47.5 Å². The van der Waals surface area contributed by atoms with E-state index >= 15 is 0 Å². The van der Waals surface area contributed by atoms with Crippen LogP contribution >= 0.6 is 0 Å². The van der Waals surface area contributed by atoms with Crippen LogP contribution in [0.3, 0.4) is 0 Å². The van der Waals surface area contributed by atoms with E-state index in [1.54, 1.807) is 20.8 Å². The second-order valence-electron chi connectivity index (χ2n) is 6.87. The predicted molar refractivity (Wildman–Crippen MR) is 79.8 cm³/mol. The molecule has 2 atom stereocenters. The van der Waals surface area contributed by atoms with E-state index in [0.717, 1.165) is 6.42 Å². The maximum absolute atomic E-state index is 12.3. The first-order chi connectivity index (χ1) is 9.65. The molecule has 1 aliphatic rings. The average Bonchev–Trinajstić information content (AvgIpc) is 2.82. The van der Waals surface area contributed by atoms with Crippen molar-refractivity contribution in [2.75, 3.05) is 13.2 Å². The maximum atomic E-state index is 12.3. The number of carbonyl (C=O) groups is 2. The molecule has 21 heavy (non-hydrogen) atoms. The van der Waals surface area contributed by atoms with Gasteiger partial charge in [0.15, 0.2) is 0 Å². The minimum absolute atomic E-state index is 0.109. The van der Waals surface area contributed by atoms with Gasteiger partial charge in [0.05, 0.1) is 12.6 Å². The van der Waals surface area contributed by atoms with E-state index in [-0.39, 0.29) is 24.5 Å². The molecule has 0 aliphatic carbocycles. The van der Waals surface area contributed by atoms with Crippen LogP contribution in [0.15, 0.2) is 0 Å². The number of rotatable bonds is 4. The molecular formula is C15H28N2O4. The Hall–Kier alpha value is -1.30. The number of nitrogens with zero attached hydrogens (tertiary/aromatic N) is 1. The molecule has 0 unspecified atom stereocenters. The fourth-order valence-corrected chi connectivity index (χ4v) is 2.28. The molecule has 0 aromatic rings. The van der Waals surface area contributed by atoms with Crippen molar-refractivity contribution in [1.29, 1.82) is 0 Å². The van der Waals surface area contributed by atoms with Crippen molar-refractivity contribution in [3.8, 4) is 0 Å². The zero-order valence-corrected chi connectivity index (χ0v) is 13.7. The van der Waals surface area contributed by atoms with Gasteiger partial charge in [-0.1, -0.05) is 13.8 Å². The molecule has 6 nitrogen and oxygen atoms in total. The largest absolute Gasteiger partial charge is 0.444 e. The van der Waals surface area contributed by atoms with E-state index in [0.29, 0.717) is 13.0 Å². The Morgan fingerprint density at radius 1 is 1.38 bits per heavy atom. The highest BCUT2D eigenvalue weighted by Crippen LogP contribution is 2.21. The average molecular weight is 300 g/mol. The van der Waals surface area contributed by atoms with E-state index in [2.05, 4.69) is 5.32 Å². The van der Waals surface area contributed by atoms with Gasteiger partial charge >= 0.3 is 6.09 Å².